The SMILES string of the molecule is CC=C[C@@H](C)[C@@H](O)C(C)C.[W]. The van der Waals surface area contributed by atoms with E-state index in [0.717, 1.165) is 0 Å². The van der Waals surface area contributed by atoms with Gasteiger partial charge in [-0.1, -0.05) is 32.9 Å². The van der Waals surface area contributed by atoms with Crippen LogP contribution in [0.4, 0.5) is 0 Å². The Balaban J connectivity index is 0. The van der Waals surface area contributed by atoms with Gasteiger partial charge in [-0.25, -0.2) is 0 Å². The van der Waals surface area contributed by atoms with Crippen LogP contribution in [-0.2, 0) is 21.1 Å². The smallest absolute Gasteiger partial charge is 0.0622 e. The molecule has 0 bridgehead atoms. The standard InChI is InChI=1S/C9H18O.W/c1-5-6-8(4)9(10)7(2)3;/h5-10H,1-4H3;/t8-,9+;/m1./s1. The Morgan fingerprint density at radius 1 is 1.18 bits per heavy atom. The number of aliphatic hydroxyl groups is 1. The quantitative estimate of drug-likeness (QED) is 0.789. The average Bonchev–Trinajstić information content (AvgIpc) is 1.87. The van der Waals surface area contributed by atoms with Crippen LogP contribution in [-0.4, -0.2) is 11.2 Å². The zero-order valence-corrected chi connectivity index (χ0v) is 10.7. The maximum absolute atomic E-state index is 9.47. The first-order valence-electron chi connectivity index (χ1n) is 3.90. The molecule has 1 nitrogen and oxygen atoms in total. The predicted molar refractivity (Wildman–Crippen MR) is 44.8 cm³/mol. The van der Waals surface area contributed by atoms with Crippen molar-refractivity contribution in [2.24, 2.45) is 11.8 Å². The molecule has 0 aromatic rings. The van der Waals surface area contributed by atoms with Gasteiger partial charge in [-0.2, -0.15) is 0 Å². The summed E-state index contributed by atoms with van der Waals surface area (Å²) in [5.41, 5.74) is 0. The van der Waals surface area contributed by atoms with E-state index in [4.69, 9.17) is 0 Å². The zero-order valence-electron chi connectivity index (χ0n) is 7.74. The summed E-state index contributed by atoms with van der Waals surface area (Å²) in [6, 6.07) is 0. The molecule has 66 valence electrons. The molecule has 11 heavy (non-hydrogen) atoms. The van der Waals surface area contributed by atoms with Crippen LogP contribution in [0.5, 0.6) is 0 Å². The van der Waals surface area contributed by atoms with Gasteiger partial charge in [-0.3, -0.25) is 0 Å². The molecule has 0 aliphatic carbocycles. The van der Waals surface area contributed by atoms with E-state index < -0.39 is 0 Å². The van der Waals surface area contributed by atoms with Crippen molar-refractivity contribution in [3.63, 3.8) is 0 Å². The Hall–Kier alpha value is 0.388. The van der Waals surface area contributed by atoms with Gasteiger partial charge in [0.05, 0.1) is 6.10 Å². The van der Waals surface area contributed by atoms with Crippen molar-refractivity contribution in [1.29, 1.82) is 0 Å². The second-order valence-electron chi connectivity index (χ2n) is 3.12. The Morgan fingerprint density at radius 3 is 1.91 bits per heavy atom. The molecule has 0 aromatic carbocycles. The summed E-state index contributed by atoms with van der Waals surface area (Å²) in [7, 11) is 0. The largest absolute Gasteiger partial charge is 0.392 e. The van der Waals surface area contributed by atoms with E-state index in [0.29, 0.717) is 5.92 Å². The number of hydrogen-bond acceptors (Lipinski definition) is 1. The van der Waals surface area contributed by atoms with E-state index in [-0.39, 0.29) is 33.1 Å². The molecule has 2 heteroatoms. The Bertz CT molecular complexity index is 110. The normalized spacial score (nSPS) is 16.5. The molecule has 0 aliphatic rings. The number of aliphatic hydroxyl groups excluding tert-OH is 1. The fourth-order valence-electron chi connectivity index (χ4n) is 1.02. The second-order valence-corrected chi connectivity index (χ2v) is 3.12. The molecule has 0 amide bonds. The first-order chi connectivity index (χ1) is 4.59. The van der Waals surface area contributed by atoms with Crippen molar-refractivity contribution in [1.82, 2.24) is 0 Å². The van der Waals surface area contributed by atoms with Gasteiger partial charge in [0.15, 0.2) is 0 Å². The van der Waals surface area contributed by atoms with E-state index in [1.165, 1.54) is 0 Å². The third-order valence-electron chi connectivity index (χ3n) is 1.72. The molecule has 1 N–H and O–H groups in total. The summed E-state index contributed by atoms with van der Waals surface area (Å²) >= 11 is 0. The van der Waals surface area contributed by atoms with Crippen LogP contribution in [0.15, 0.2) is 12.2 Å². The Morgan fingerprint density at radius 2 is 1.64 bits per heavy atom. The molecular formula is C9H18OW. The van der Waals surface area contributed by atoms with Gasteiger partial charge in [0.25, 0.3) is 0 Å². The topological polar surface area (TPSA) is 20.2 Å². The van der Waals surface area contributed by atoms with Gasteiger partial charge in [-0.15, -0.1) is 0 Å². The first kappa shape index (κ1) is 13.9. The summed E-state index contributed by atoms with van der Waals surface area (Å²) in [4.78, 5) is 0. The van der Waals surface area contributed by atoms with E-state index in [1.807, 2.05) is 39.8 Å². The molecule has 0 aliphatic heterocycles. The maximum Gasteiger partial charge on any atom is 0.0622 e. The van der Waals surface area contributed by atoms with Crippen LogP contribution >= 0.6 is 0 Å². The molecule has 0 saturated heterocycles. The summed E-state index contributed by atoms with van der Waals surface area (Å²) in [5.74, 6) is 0.635. The molecule has 0 unspecified atom stereocenters. The minimum Gasteiger partial charge on any atom is -0.392 e. The fourth-order valence-corrected chi connectivity index (χ4v) is 1.02. The number of rotatable bonds is 3. The Labute approximate surface area is 84.2 Å². The van der Waals surface area contributed by atoms with Crippen molar-refractivity contribution in [3.8, 4) is 0 Å². The van der Waals surface area contributed by atoms with Gasteiger partial charge in [0.1, 0.15) is 0 Å². The van der Waals surface area contributed by atoms with Crippen LogP contribution in [0.2, 0.25) is 0 Å². The minimum atomic E-state index is -0.198. The van der Waals surface area contributed by atoms with Gasteiger partial charge < -0.3 is 5.11 Å². The van der Waals surface area contributed by atoms with Gasteiger partial charge in [0.2, 0.25) is 0 Å². The van der Waals surface area contributed by atoms with E-state index in [9.17, 15) is 5.11 Å². The first-order valence-corrected chi connectivity index (χ1v) is 3.90. The van der Waals surface area contributed by atoms with Gasteiger partial charge in [-0.05, 0) is 12.8 Å². The minimum absolute atomic E-state index is 0. The van der Waals surface area contributed by atoms with E-state index >= 15 is 0 Å². The van der Waals surface area contributed by atoms with Crippen LogP contribution < -0.4 is 0 Å². The van der Waals surface area contributed by atoms with E-state index in [2.05, 4.69) is 0 Å². The summed E-state index contributed by atoms with van der Waals surface area (Å²) < 4.78 is 0. The maximum atomic E-state index is 9.47. The molecule has 0 rings (SSSR count). The van der Waals surface area contributed by atoms with Gasteiger partial charge in [0, 0.05) is 27.0 Å². The summed E-state index contributed by atoms with van der Waals surface area (Å²) in [6.45, 7) is 8.07. The molecular weight excluding hydrogens is 308 g/mol. The van der Waals surface area contributed by atoms with Crippen molar-refractivity contribution < 1.29 is 26.2 Å². The van der Waals surface area contributed by atoms with Crippen LogP contribution in [0, 0.1) is 11.8 Å². The number of hydrogen-bond donors (Lipinski definition) is 1. The second kappa shape index (κ2) is 7.06. The van der Waals surface area contributed by atoms with Crippen molar-refractivity contribution in [2.45, 2.75) is 33.8 Å². The molecule has 0 spiro atoms. The van der Waals surface area contributed by atoms with Gasteiger partial charge >= 0.3 is 0 Å². The van der Waals surface area contributed by atoms with Crippen LogP contribution in [0.3, 0.4) is 0 Å². The van der Waals surface area contributed by atoms with Crippen molar-refractivity contribution in [2.75, 3.05) is 0 Å². The van der Waals surface area contributed by atoms with Crippen molar-refractivity contribution >= 4 is 0 Å². The molecule has 0 saturated carbocycles. The molecule has 0 heterocycles. The Kier molecular flexibility index (Phi) is 8.95. The zero-order chi connectivity index (χ0) is 8.15. The summed E-state index contributed by atoms with van der Waals surface area (Å²) in [6.07, 6.45) is 3.82. The summed E-state index contributed by atoms with van der Waals surface area (Å²) in [5, 5.41) is 9.47. The van der Waals surface area contributed by atoms with E-state index in [1.54, 1.807) is 0 Å². The molecule has 2 atom stereocenters. The monoisotopic (exact) mass is 326 g/mol. The average molecular weight is 326 g/mol. The molecule has 0 fully saturated rings. The molecule has 0 aromatic heterocycles. The predicted octanol–water partition coefficient (Wildman–Crippen LogP) is 2.21. The number of allylic oxidation sites excluding steroid dienone is 1. The van der Waals surface area contributed by atoms with Crippen LogP contribution in [0.1, 0.15) is 27.7 Å². The van der Waals surface area contributed by atoms with Crippen LogP contribution in [0.25, 0.3) is 0 Å². The van der Waals surface area contributed by atoms with Crippen molar-refractivity contribution in [3.05, 3.63) is 12.2 Å². The third kappa shape index (κ3) is 5.64. The third-order valence-corrected chi connectivity index (χ3v) is 1.72. The molecule has 0 radical (unpaired) electrons. The fraction of sp³-hybridized carbons (Fsp3) is 0.778.